The number of likely N-dealkylation sites (N-methyl/N-ethyl adjacent to an activating group) is 1. The first kappa shape index (κ1) is 14.1. The molecule has 0 bridgehead atoms. The predicted octanol–water partition coefficient (Wildman–Crippen LogP) is 2.68. The van der Waals surface area contributed by atoms with E-state index in [1.807, 2.05) is 51.1 Å². The molecule has 2 nitrogen and oxygen atoms in total. The Kier molecular flexibility index (Phi) is 5.55. The lowest BCUT2D eigenvalue weighted by Crippen LogP contribution is -2.46. The SMILES string of the molecule is CCNC(C)(C)C(=O)c1ccccc1.Cl. The lowest BCUT2D eigenvalue weighted by atomic mass is 9.93. The minimum Gasteiger partial charge on any atom is -0.305 e. The average Bonchev–Trinajstić information content (AvgIpc) is 2.18. The molecule has 0 atom stereocenters. The molecule has 1 N–H and O–H groups in total. The second-order valence-corrected chi connectivity index (χ2v) is 3.85. The molecule has 0 aromatic heterocycles. The van der Waals surface area contributed by atoms with Crippen LogP contribution < -0.4 is 5.32 Å². The first-order valence-corrected chi connectivity index (χ1v) is 4.93. The highest BCUT2D eigenvalue weighted by Gasteiger charge is 2.26. The highest BCUT2D eigenvalue weighted by Crippen LogP contribution is 2.12. The van der Waals surface area contributed by atoms with Crippen molar-refractivity contribution in [1.29, 1.82) is 0 Å². The molecule has 15 heavy (non-hydrogen) atoms. The zero-order valence-electron chi connectivity index (χ0n) is 9.41. The Morgan fingerprint density at radius 1 is 1.27 bits per heavy atom. The Morgan fingerprint density at radius 3 is 2.27 bits per heavy atom. The van der Waals surface area contributed by atoms with Gasteiger partial charge in [-0.3, -0.25) is 4.79 Å². The van der Waals surface area contributed by atoms with Crippen LogP contribution in [0.1, 0.15) is 31.1 Å². The van der Waals surface area contributed by atoms with E-state index in [0.29, 0.717) is 0 Å². The first-order valence-electron chi connectivity index (χ1n) is 4.93. The summed E-state index contributed by atoms with van der Waals surface area (Å²) in [6.45, 7) is 6.61. The highest BCUT2D eigenvalue weighted by molar-refractivity contribution is 6.02. The summed E-state index contributed by atoms with van der Waals surface area (Å²) in [5.74, 6) is 0.139. The largest absolute Gasteiger partial charge is 0.305 e. The van der Waals surface area contributed by atoms with Crippen LogP contribution >= 0.6 is 12.4 Å². The molecule has 0 aliphatic rings. The Bertz CT molecular complexity index is 309. The number of carbonyl (C=O) groups excluding carboxylic acids is 1. The Hall–Kier alpha value is -0.860. The zero-order valence-corrected chi connectivity index (χ0v) is 10.2. The van der Waals surface area contributed by atoms with Gasteiger partial charge in [0.1, 0.15) is 0 Å². The number of ketones is 1. The van der Waals surface area contributed by atoms with Gasteiger partial charge in [0.15, 0.2) is 5.78 Å². The van der Waals surface area contributed by atoms with E-state index in [9.17, 15) is 4.79 Å². The zero-order chi connectivity index (χ0) is 10.6. The van der Waals surface area contributed by atoms with E-state index in [4.69, 9.17) is 0 Å². The number of Topliss-reactive ketones (excluding diaryl/α,β-unsaturated/α-hetero) is 1. The van der Waals surface area contributed by atoms with Crippen molar-refractivity contribution < 1.29 is 4.79 Å². The van der Waals surface area contributed by atoms with Crippen LogP contribution in [-0.4, -0.2) is 17.9 Å². The third-order valence-electron chi connectivity index (χ3n) is 2.22. The van der Waals surface area contributed by atoms with Gasteiger partial charge in [-0.2, -0.15) is 0 Å². The summed E-state index contributed by atoms with van der Waals surface area (Å²) in [6, 6.07) is 9.38. The Labute approximate surface area is 97.5 Å². The molecule has 0 fully saturated rings. The highest BCUT2D eigenvalue weighted by atomic mass is 35.5. The normalized spacial score (nSPS) is 10.6. The molecule has 0 amide bonds. The molecule has 0 unspecified atom stereocenters. The summed E-state index contributed by atoms with van der Waals surface area (Å²) in [7, 11) is 0. The molecule has 0 saturated carbocycles. The van der Waals surface area contributed by atoms with E-state index in [2.05, 4.69) is 5.32 Å². The van der Waals surface area contributed by atoms with Crippen LogP contribution in [0, 0.1) is 0 Å². The monoisotopic (exact) mass is 227 g/mol. The summed E-state index contributed by atoms with van der Waals surface area (Å²) >= 11 is 0. The molecule has 0 radical (unpaired) electrons. The Balaban J connectivity index is 0.00000196. The van der Waals surface area contributed by atoms with E-state index in [1.54, 1.807) is 0 Å². The maximum Gasteiger partial charge on any atom is 0.182 e. The predicted molar refractivity (Wildman–Crippen MR) is 65.8 cm³/mol. The molecule has 0 aliphatic carbocycles. The molecule has 1 aromatic carbocycles. The molecular weight excluding hydrogens is 210 g/mol. The molecule has 84 valence electrons. The second-order valence-electron chi connectivity index (χ2n) is 3.85. The first-order chi connectivity index (χ1) is 6.58. The van der Waals surface area contributed by atoms with Crippen molar-refractivity contribution in [3.8, 4) is 0 Å². The number of halogens is 1. The molecule has 0 aliphatic heterocycles. The summed E-state index contributed by atoms with van der Waals surface area (Å²) in [5.41, 5.74) is 0.286. The van der Waals surface area contributed by atoms with Gasteiger partial charge in [0, 0.05) is 5.56 Å². The van der Waals surface area contributed by atoms with Crippen molar-refractivity contribution in [3.63, 3.8) is 0 Å². The van der Waals surface area contributed by atoms with Crippen LogP contribution in [-0.2, 0) is 0 Å². The van der Waals surface area contributed by atoms with E-state index < -0.39 is 5.54 Å². The second kappa shape index (κ2) is 5.89. The summed E-state index contributed by atoms with van der Waals surface area (Å²) in [4.78, 5) is 12.0. The fourth-order valence-corrected chi connectivity index (χ4v) is 1.47. The van der Waals surface area contributed by atoms with Gasteiger partial charge in [0.25, 0.3) is 0 Å². The van der Waals surface area contributed by atoms with Crippen molar-refractivity contribution in [2.45, 2.75) is 26.3 Å². The lowest BCUT2D eigenvalue weighted by molar-refractivity contribution is 0.0884. The van der Waals surface area contributed by atoms with Crippen molar-refractivity contribution in [1.82, 2.24) is 5.32 Å². The third-order valence-corrected chi connectivity index (χ3v) is 2.22. The van der Waals surface area contributed by atoms with Gasteiger partial charge in [-0.1, -0.05) is 37.3 Å². The lowest BCUT2D eigenvalue weighted by Gasteiger charge is -2.23. The summed E-state index contributed by atoms with van der Waals surface area (Å²) < 4.78 is 0. The van der Waals surface area contributed by atoms with Gasteiger partial charge in [-0.25, -0.2) is 0 Å². The average molecular weight is 228 g/mol. The quantitative estimate of drug-likeness (QED) is 0.802. The maximum absolute atomic E-state index is 12.0. The van der Waals surface area contributed by atoms with Gasteiger partial charge >= 0.3 is 0 Å². The van der Waals surface area contributed by atoms with E-state index in [-0.39, 0.29) is 18.2 Å². The standard InChI is InChI=1S/C12H17NO.ClH/c1-4-13-12(2,3)11(14)10-8-6-5-7-9-10;/h5-9,13H,4H2,1-3H3;1H. The molecule has 0 spiro atoms. The Morgan fingerprint density at radius 2 is 1.80 bits per heavy atom. The summed E-state index contributed by atoms with van der Waals surface area (Å²) in [5, 5.41) is 3.17. The number of benzene rings is 1. The van der Waals surface area contributed by atoms with Crippen LogP contribution in [0.25, 0.3) is 0 Å². The van der Waals surface area contributed by atoms with Gasteiger partial charge < -0.3 is 5.32 Å². The molecule has 3 heteroatoms. The smallest absolute Gasteiger partial charge is 0.182 e. The number of rotatable bonds is 4. The van der Waals surface area contributed by atoms with Crippen LogP contribution in [0.5, 0.6) is 0 Å². The van der Waals surface area contributed by atoms with Crippen molar-refractivity contribution in [2.24, 2.45) is 0 Å². The fraction of sp³-hybridized carbons (Fsp3) is 0.417. The number of hydrogen-bond donors (Lipinski definition) is 1. The fourth-order valence-electron chi connectivity index (χ4n) is 1.47. The minimum atomic E-state index is -0.476. The molecule has 1 rings (SSSR count). The van der Waals surface area contributed by atoms with Crippen molar-refractivity contribution in [3.05, 3.63) is 35.9 Å². The van der Waals surface area contributed by atoms with Crippen molar-refractivity contribution >= 4 is 18.2 Å². The van der Waals surface area contributed by atoms with Gasteiger partial charge in [-0.15, -0.1) is 12.4 Å². The van der Waals surface area contributed by atoms with E-state index in [1.165, 1.54) is 0 Å². The number of carbonyl (C=O) groups is 1. The van der Waals surface area contributed by atoms with Crippen LogP contribution in [0.4, 0.5) is 0 Å². The topological polar surface area (TPSA) is 29.1 Å². The molecule has 0 saturated heterocycles. The minimum absolute atomic E-state index is 0. The van der Waals surface area contributed by atoms with Gasteiger partial charge in [0.05, 0.1) is 5.54 Å². The van der Waals surface area contributed by atoms with Gasteiger partial charge in [-0.05, 0) is 20.4 Å². The molecule has 0 heterocycles. The van der Waals surface area contributed by atoms with Gasteiger partial charge in [0.2, 0.25) is 0 Å². The van der Waals surface area contributed by atoms with Crippen LogP contribution in [0.3, 0.4) is 0 Å². The maximum atomic E-state index is 12.0. The third kappa shape index (κ3) is 3.65. The number of hydrogen-bond acceptors (Lipinski definition) is 2. The van der Waals surface area contributed by atoms with E-state index >= 15 is 0 Å². The summed E-state index contributed by atoms with van der Waals surface area (Å²) in [6.07, 6.45) is 0. The van der Waals surface area contributed by atoms with E-state index in [0.717, 1.165) is 12.1 Å². The van der Waals surface area contributed by atoms with Crippen LogP contribution in [0.15, 0.2) is 30.3 Å². The van der Waals surface area contributed by atoms with Crippen molar-refractivity contribution in [2.75, 3.05) is 6.54 Å². The molecule has 1 aromatic rings. The van der Waals surface area contributed by atoms with Crippen LogP contribution in [0.2, 0.25) is 0 Å². The number of nitrogens with one attached hydrogen (secondary N) is 1. The molecular formula is C12H18ClNO.